The highest BCUT2D eigenvalue weighted by atomic mass is 35.5. The number of methoxy groups -OCH3 is 1. The Morgan fingerprint density at radius 2 is 1.73 bits per heavy atom. The number of aromatic carboxylic acids is 1. The van der Waals surface area contributed by atoms with Gasteiger partial charge in [-0.3, -0.25) is 29.0 Å². The van der Waals surface area contributed by atoms with Crippen LogP contribution in [0.25, 0.3) is 0 Å². The van der Waals surface area contributed by atoms with Crippen molar-refractivity contribution in [1.29, 1.82) is 0 Å². The fourth-order valence-electron chi connectivity index (χ4n) is 7.09. The van der Waals surface area contributed by atoms with Gasteiger partial charge in [-0.1, -0.05) is 23.8 Å². The SMILES string of the molecule is COc1cccc(O)c1C1C2=CCC3C(=O)N(c4cccc(C(=O)O)c4)C(=O)C3C2CC2(Cl)C(=O)N(C)C(=O)C12Cl. The number of amides is 4. The monoisotopic (exact) mass is 598 g/mol. The molecular formula is C29H24Cl2N2O8. The lowest BCUT2D eigenvalue weighted by atomic mass is 9.56. The van der Waals surface area contributed by atoms with Crippen LogP contribution in [0.4, 0.5) is 5.69 Å². The highest BCUT2D eigenvalue weighted by Gasteiger charge is 2.76. The second-order valence-corrected chi connectivity index (χ2v) is 12.0. The molecule has 4 amide bonds. The number of nitrogens with zero attached hydrogens (tertiary/aromatic N) is 2. The molecule has 0 spiro atoms. The van der Waals surface area contributed by atoms with Crippen LogP contribution in [-0.4, -0.2) is 68.6 Å². The smallest absolute Gasteiger partial charge is 0.335 e. The van der Waals surface area contributed by atoms with Gasteiger partial charge in [-0.2, -0.15) is 0 Å². The number of carbonyl (C=O) groups is 5. The minimum absolute atomic E-state index is 0.0918. The van der Waals surface area contributed by atoms with E-state index in [9.17, 15) is 34.2 Å². The maximum Gasteiger partial charge on any atom is 0.335 e. The van der Waals surface area contributed by atoms with E-state index in [0.717, 1.165) is 9.80 Å². The van der Waals surface area contributed by atoms with Crippen molar-refractivity contribution < 1.29 is 38.9 Å². The Morgan fingerprint density at radius 1 is 1.02 bits per heavy atom. The second-order valence-electron chi connectivity index (χ2n) is 10.8. The number of benzene rings is 2. The molecule has 12 heteroatoms. The summed E-state index contributed by atoms with van der Waals surface area (Å²) < 4.78 is 5.53. The average molecular weight is 599 g/mol. The molecule has 0 aromatic heterocycles. The summed E-state index contributed by atoms with van der Waals surface area (Å²) in [7, 11) is 2.66. The highest BCUT2D eigenvalue weighted by Crippen LogP contribution is 2.66. The van der Waals surface area contributed by atoms with E-state index >= 15 is 0 Å². The van der Waals surface area contributed by atoms with Crippen LogP contribution in [-0.2, 0) is 19.2 Å². The number of allylic oxidation sites excluding steroid dienone is 2. The molecule has 4 aliphatic rings. The standard InChI is InChI=1S/C29H24Cl2N2O8/c1-32-26(39)28(30)12-17-15(22(29(28,31)27(32)40)21-18(34)7-4-8-19(21)41-2)9-10-16-20(17)24(36)33(23(16)35)14-6-3-5-13(11-14)25(37)38/h3-9,11,16-17,20,22,34H,10,12H2,1-2H3,(H,37,38). The van der Waals surface area contributed by atoms with Crippen molar-refractivity contribution in [2.45, 2.75) is 28.5 Å². The third-order valence-corrected chi connectivity index (χ3v) is 10.3. The Morgan fingerprint density at radius 3 is 2.41 bits per heavy atom. The predicted octanol–water partition coefficient (Wildman–Crippen LogP) is 3.29. The summed E-state index contributed by atoms with van der Waals surface area (Å²) in [5.41, 5.74) is 0.662. The summed E-state index contributed by atoms with van der Waals surface area (Å²) in [6.45, 7) is 0. The zero-order valence-electron chi connectivity index (χ0n) is 21.8. The number of aromatic hydroxyl groups is 1. The van der Waals surface area contributed by atoms with Gasteiger partial charge in [0, 0.05) is 18.5 Å². The van der Waals surface area contributed by atoms with Gasteiger partial charge in [0.25, 0.3) is 11.8 Å². The first-order chi connectivity index (χ1) is 19.4. The van der Waals surface area contributed by atoms with E-state index in [0.29, 0.717) is 5.57 Å². The number of carboxylic acid groups (broad SMARTS) is 1. The van der Waals surface area contributed by atoms with Crippen LogP contribution >= 0.6 is 23.2 Å². The minimum atomic E-state index is -2.07. The summed E-state index contributed by atoms with van der Waals surface area (Å²) in [4.78, 5) is 64.2. The summed E-state index contributed by atoms with van der Waals surface area (Å²) in [5, 5.41) is 20.5. The molecule has 6 atom stereocenters. The zero-order chi connectivity index (χ0) is 29.6. The summed E-state index contributed by atoms with van der Waals surface area (Å²) in [5.74, 6) is -7.60. The molecule has 6 rings (SSSR count). The van der Waals surface area contributed by atoms with E-state index in [1.807, 2.05) is 0 Å². The van der Waals surface area contributed by atoms with Crippen LogP contribution < -0.4 is 9.64 Å². The van der Waals surface area contributed by atoms with Gasteiger partial charge >= 0.3 is 5.97 Å². The number of alkyl halides is 2. The topological polar surface area (TPSA) is 142 Å². The van der Waals surface area contributed by atoms with Gasteiger partial charge in [0.05, 0.1) is 30.2 Å². The van der Waals surface area contributed by atoms with Crippen LogP contribution in [0.15, 0.2) is 54.1 Å². The first-order valence-corrected chi connectivity index (χ1v) is 13.6. The van der Waals surface area contributed by atoms with Crippen molar-refractivity contribution in [1.82, 2.24) is 4.90 Å². The number of ether oxygens (including phenoxy) is 1. The lowest BCUT2D eigenvalue weighted by Gasteiger charge is -2.50. The number of carbonyl (C=O) groups excluding carboxylic acids is 4. The third kappa shape index (κ3) is 3.40. The quantitative estimate of drug-likeness (QED) is 0.310. The molecule has 2 aromatic carbocycles. The maximum atomic E-state index is 14.0. The number of rotatable bonds is 4. The van der Waals surface area contributed by atoms with Gasteiger partial charge in [-0.25, -0.2) is 4.79 Å². The predicted molar refractivity (Wildman–Crippen MR) is 146 cm³/mol. The van der Waals surface area contributed by atoms with Crippen molar-refractivity contribution in [3.63, 3.8) is 0 Å². The van der Waals surface area contributed by atoms with Gasteiger partial charge in [0.2, 0.25) is 11.8 Å². The molecule has 2 N–H and O–H groups in total. The fourth-order valence-corrected chi connectivity index (χ4v) is 8.10. The Kier molecular flexibility index (Phi) is 6.03. The van der Waals surface area contributed by atoms with Crippen molar-refractivity contribution >= 4 is 58.5 Å². The fraction of sp³-hybridized carbons (Fsp3) is 0.345. The van der Waals surface area contributed by atoms with Crippen molar-refractivity contribution in [2.24, 2.45) is 17.8 Å². The zero-order valence-corrected chi connectivity index (χ0v) is 23.3. The van der Waals surface area contributed by atoms with Gasteiger partial charge in [0.15, 0.2) is 9.75 Å². The number of hydrogen-bond acceptors (Lipinski definition) is 7. The van der Waals surface area contributed by atoms with E-state index in [2.05, 4.69) is 0 Å². The number of phenolic OH excluding ortho intramolecular Hbond substituents is 1. The molecule has 3 fully saturated rings. The molecule has 0 radical (unpaired) electrons. The normalized spacial score (nSPS) is 32.4. The number of likely N-dealkylation sites (tertiary alicyclic amines) is 1. The van der Waals surface area contributed by atoms with Crippen LogP contribution in [0.2, 0.25) is 0 Å². The molecule has 2 heterocycles. The Labute approximate surface area is 244 Å². The molecule has 0 bridgehead atoms. The summed E-state index contributed by atoms with van der Waals surface area (Å²) >= 11 is 14.3. The van der Waals surface area contributed by atoms with E-state index in [4.69, 9.17) is 27.9 Å². The van der Waals surface area contributed by atoms with E-state index in [1.54, 1.807) is 18.2 Å². The van der Waals surface area contributed by atoms with E-state index < -0.39 is 63.0 Å². The molecule has 2 aliphatic carbocycles. The van der Waals surface area contributed by atoms with Crippen molar-refractivity contribution in [3.05, 3.63) is 65.2 Å². The number of imide groups is 2. The van der Waals surface area contributed by atoms with Crippen molar-refractivity contribution in [2.75, 3.05) is 19.1 Å². The van der Waals surface area contributed by atoms with E-state index in [1.165, 1.54) is 44.5 Å². The number of carboxylic acids is 1. The lowest BCUT2D eigenvalue weighted by Crippen LogP contribution is -2.60. The van der Waals surface area contributed by atoms with Gasteiger partial charge in [-0.05, 0) is 49.1 Å². The Hall–Kier alpha value is -3.89. The maximum absolute atomic E-state index is 14.0. The molecule has 2 saturated heterocycles. The van der Waals surface area contributed by atoms with E-state index in [-0.39, 0.29) is 41.2 Å². The molecule has 41 heavy (non-hydrogen) atoms. The Bertz CT molecular complexity index is 1610. The van der Waals surface area contributed by atoms with Crippen molar-refractivity contribution in [3.8, 4) is 11.5 Å². The molecular weight excluding hydrogens is 575 g/mol. The number of fused-ring (bicyclic) bond motifs is 4. The molecule has 10 nitrogen and oxygen atoms in total. The second kappa shape index (κ2) is 9.06. The molecule has 2 aromatic rings. The first-order valence-electron chi connectivity index (χ1n) is 12.9. The Balaban J connectivity index is 1.53. The highest BCUT2D eigenvalue weighted by molar-refractivity contribution is 6.53. The molecule has 1 saturated carbocycles. The van der Waals surface area contributed by atoms with Crippen LogP contribution in [0.1, 0.15) is 34.7 Å². The molecule has 212 valence electrons. The van der Waals surface area contributed by atoms with Crippen LogP contribution in [0, 0.1) is 17.8 Å². The summed E-state index contributed by atoms with van der Waals surface area (Å²) in [6, 6.07) is 10.1. The number of phenols is 1. The molecule has 2 aliphatic heterocycles. The first kappa shape index (κ1) is 27.3. The number of hydrogen-bond donors (Lipinski definition) is 2. The summed E-state index contributed by atoms with van der Waals surface area (Å²) in [6.07, 6.45) is 1.64. The average Bonchev–Trinajstić information content (AvgIpc) is 3.28. The van der Waals surface area contributed by atoms with Gasteiger partial charge < -0.3 is 14.9 Å². The van der Waals surface area contributed by atoms with Gasteiger partial charge in [0.1, 0.15) is 11.5 Å². The number of anilines is 1. The number of halogens is 2. The van der Waals surface area contributed by atoms with Crippen LogP contribution in [0.5, 0.6) is 11.5 Å². The lowest BCUT2D eigenvalue weighted by molar-refractivity contribution is -0.138. The van der Waals surface area contributed by atoms with Gasteiger partial charge in [-0.15, -0.1) is 23.2 Å². The van der Waals surface area contributed by atoms with Crippen LogP contribution in [0.3, 0.4) is 0 Å². The minimum Gasteiger partial charge on any atom is -0.508 e. The third-order valence-electron chi connectivity index (χ3n) is 8.92. The largest absolute Gasteiger partial charge is 0.508 e. The molecule has 6 unspecified atom stereocenters.